The van der Waals surface area contributed by atoms with Crippen LogP contribution >= 0.6 is 0 Å². The lowest BCUT2D eigenvalue weighted by atomic mass is 10.1. The molecule has 114 valence electrons. The Labute approximate surface area is 132 Å². The van der Waals surface area contributed by atoms with Crippen LogP contribution in [0.3, 0.4) is 0 Å². The smallest absolute Gasteiger partial charge is 0.251 e. The van der Waals surface area contributed by atoms with E-state index in [9.17, 15) is 4.79 Å². The van der Waals surface area contributed by atoms with Gasteiger partial charge in [-0.05, 0) is 30.5 Å². The highest BCUT2D eigenvalue weighted by Gasteiger charge is 2.24. The molecule has 0 radical (unpaired) electrons. The van der Waals surface area contributed by atoms with Gasteiger partial charge in [0.1, 0.15) is 0 Å². The molecule has 2 aromatic rings. The van der Waals surface area contributed by atoms with Gasteiger partial charge in [0.2, 0.25) is 0 Å². The molecule has 0 saturated carbocycles. The second kappa shape index (κ2) is 6.75. The molecule has 1 N–H and O–H groups in total. The zero-order chi connectivity index (χ0) is 15.4. The monoisotopic (exact) mass is 294 g/mol. The molecule has 22 heavy (non-hydrogen) atoms. The molecule has 1 unspecified atom stereocenters. The lowest BCUT2D eigenvalue weighted by Crippen LogP contribution is -2.37. The van der Waals surface area contributed by atoms with E-state index in [1.807, 2.05) is 37.3 Å². The summed E-state index contributed by atoms with van der Waals surface area (Å²) in [4.78, 5) is 14.8. The first-order chi connectivity index (χ1) is 10.7. The molecule has 1 saturated heterocycles. The zero-order valence-electron chi connectivity index (χ0n) is 13.0. The Morgan fingerprint density at radius 3 is 2.64 bits per heavy atom. The van der Waals surface area contributed by atoms with E-state index < -0.39 is 0 Å². The van der Waals surface area contributed by atoms with E-state index >= 15 is 0 Å². The maximum atomic E-state index is 12.4. The van der Waals surface area contributed by atoms with Crippen LogP contribution in [0, 0.1) is 6.92 Å². The van der Waals surface area contributed by atoms with Gasteiger partial charge in [-0.25, -0.2) is 0 Å². The van der Waals surface area contributed by atoms with Gasteiger partial charge in [0.15, 0.2) is 0 Å². The van der Waals surface area contributed by atoms with Crippen LogP contribution in [0.4, 0.5) is 0 Å². The first-order valence-electron chi connectivity index (χ1n) is 7.85. The highest BCUT2D eigenvalue weighted by Crippen LogP contribution is 2.15. The highest BCUT2D eigenvalue weighted by molar-refractivity contribution is 5.95. The normalized spacial score (nSPS) is 18.3. The number of benzene rings is 2. The Bertz CT molecular complexity index is 639. The molecule has 3 rings (SSSR count). The Balaban J connectivity index is 1.55. The summed E-state index contributed by atoms with van der Waals surface area (Å²) in [6.45, 7) is 4.89. The van der Waals surface area contributed by atoms with E-state index in [2.05, 4.69) is 34.5 Å². The van der Waals surface area contributed by atoms with Gasteiger partial charge in [0.25, 0.3) is 5.91 Å². The standard InChI is InChI=1S/C19H22N2O/c1-15-7-5-6-10-18(15)19(22)20-17-11-12-21(14-17)13-16-8-3-2-4-9-16/h2-10,17H,11-14H2,1H3,(H,20,22). The van der Waals surface area contributed by atoms with Crippen LogP contribution in [0.1, 0.15) is 27.9 Å². The number of carbonyl (C=O) groups excluding carboxylic acids is 1. The van der Waals surface area contributed by atoms with E-state index in [0.29, 0.717) is 0 Å². The number of carbonyl (C=O) groups is 1. The van der Waals surface area contributed by atoms with Crippen molar-refractivity contribution >= 4 is 5.91 Å². The van der Waals surface area contributed by atoms with Crippen LogP contribution < -0.4 is 5.32 Å². The summed E-state index contributed by atoms with van der Waals surface area (Å²) >= 11 is 0. The number of hydrogen-bond acceptors (Lipinski definition) is 2. The van der Waals surface area contributed by atoms with Gasteiger partial charge < -0.3 is 5.32 Å². The van der Waals surface area contributed by atoms with Crippen molar-refractivity contribution in [1.29, 1.82) is 0 Å². The van der Waals surface area contributed by atoms with Crippen LogP contribution in [-0.2, 0) is 6.54 Å². The second-order valence-electron chi connectivity index (χ2n) is 5.99. The number of aryl methyl sites for hydroxylation is 1. The van der Waals surface area contributed by atoms with Crippen molar-refractivity contribution in [3.63, 3.8) is 0 Å². The molecule has 0 bridgehead atoms. The quantitative estimate of drug-likeness (QED) is 0.940. The molecule has 1 aliphatic heterocycles. The van der Waals surface area contributed by atoms with Gasteiger partial charge >= 0.3 is 0 Å². The molecule has 3 nitrogen and oxygen atoms in total. The van der Waals surface area contributed by atoms with E-state index in [1.165, 1.54) is 5.56 Å². The Hall–Kier alpha value is -2.13. The lowest BCUT2D eigenvalue weighted by Gasteiger charge is -2.17. The lowest BCUT2D eigenvalue weighted by molar-refractivity contribution is 0.0937. The fourth-order valence-corrected chi connectivity index (χ4v) is 3.03. The van der Waals surface area contributed by atoms with Crippen molar-refractivity contribution in [2.75, 3.05) is 13.1 Å². The third kappa shape index (κ3) is 3.55. The molecule has 2 aromatic carbocycles. The van der Waals surface area contributed by atoms with Crippen LogP contribution in [0.5, 0.6) is 0 Å². The van der Waals surface area contributed by atoms with Gasteiger partial charge in [-0.3, -0.25) is 9.69 Å². The number of nitrogens with zero attached hydrogens (tertiary/aromatic N) is 1. The SMILES string of the molecule is Cc1ccccc1C(=O)NC1CCN(Cc2ccccc2)C1. The van der Waals surface area contributed by atoms with E-state index in [-0.39, 0.29) is 11.9 Å². The van der Waals surface area contributed by atoms with E-state index in [1.54, 1.807) is 0 Å². The zero-order valence-corrected chi connectivity index (χ0v) is 13.0. The molecule has 1 atom stereocenters. The third-order valence-electron chi connectivity index (χ3n) is 4.25. The number of likely N-dealkylation sites (tertiary alicyclic amines) is 1. The molecule has 0 aliphatic carbocycles. The second-order valence-corrected chi connectivity index (χ2v) is 5.99. The fraction of sp³-hybridized carbons (Fsp3) is 0.316. The molecule has 1 amide bonds. The average Bonchev–Trinajstić information content (AvgIpc) is 2.95. The minimum absolute atomic E-state index is 0.0460. The minimum atomic E-state index is 0.0460. The summed E-state index contributed by atoms with van der Waals surface area (Å²) in [6, 6.07) is 18.5. The molecular weight excluding hydrogens is 272 g/mol. The summed E-state index contributed by atoms with van der Waals surface area (Å²) in [5.74, 6) is 0.0460. The molecule has 1 fully saturated rings. The fourth-order valence-electron chi connectivity index (χ4n) is 3.03. The van der Waals surface area contributed by atoms with Crippen molar-refractivity contribution in [2.24, 2.45) is 0 Å². The largest absolute Gasteiger partial charge is 0.348 e. The van der Waals surface area contributed by atoms with Gasteiger partial charge in [0, 0.05) is 31.2 Å². The van der Waals surface area contributed by atoms with Gasteiger partial charge in [-0.1, -0.05) is 48.5 Å². The van der Waals surface area contributed by atoms with Crippen molar-refractivity contribution in [3.05, 3.63) is 71.3 Å². The molecular formula is C19H22N2O. The van der Waals surface area contributed by atoms with Crippen LogP contribution in [0.15, 0.2) is 54.6 Å². The topological polar surface area (TPSA) is 32.3 Å². The van der Waals surface area contributed by atoms with Crippen LogP contribution in [-0.4, -0.2) is 29.9 Å². The number of nitrogens with one attached hydrogen (secondary N) is 1. The van der Waals surface area contributed by atoms with Gasteiger partial charge in [-0.2, -0.15) is 0 Å². The van der Waals surface area contributed by atoms with Crippen molar-refractivity contribution in [1.82, 2.24) is 10.2 Å². The summed E-state index contributed by atoms with van der Waals surface area (Å²) in [6.07, 6.45) is 1.02. The van der Waals surface area contributed by atoms with Crippen molar-refractivity contribution in [2.45, 2.75) is 25.9 Å². The maximum absolute atomic E-state index is 12.4. The summed E-state index contributed by atoms with van der Waals surface area (Å²) in [5, 5.41) is 3.17. The number of amides is 1. The molecule has 0 spiro atoms. The maximum Gasteiger partial charge on any atom is 0.251 e. The van der Waals surface area contributed by atoms with Crippen LogP contribution in [0.25, 0.3) is 0 Å². The first kappa shape index (κ1) is 14.8. The minimum Gasteiger partial charge on any atom is -0.348 e. The van der Waals surface area contributed by atoms with Gasteiger partial charge in [-0.15, -0.1) is 0 Å². The van der Waals surface area contributed by atoms with E-state index in [0.717, 1.165) is 37.2 Å². The summed E-state index contributed by atoms with van der Waals surface area (Å²) in [7, 11) is 0. The number of hydrogen-bond donors (Lipinski definition) is 1. The third-order valence-corrected chi connectivity index (χ3v) is 4.25. The van der Waals surface area contributed by atoms with Gasteiger partial charge in [0.05, 0.1) is 0 Å². The Morgan fingerprint density at radius 1 is 1.14 bits per heavy atom. The Morgan fingerprint density at radius 2 is 1.86 bits per heavy atom. The summed E-state index contributed by atoms with van der Waals surface area (Å²) < 4.78 is 0. The predicted molar refractivity (Wildman–Crippen MR) is 88.8 cm³/mol. The van der Waals surface area contributed by atoms with Crippen molar-refractivity contribution < 1.29 is 4.79 Å². The molecule has 0 aromatic heterocycles. The van der Waals surface area contributed by atoms with Crippen LogP contribution in [0.2, 0.25) is 0 Å². The first-order valence-corrected chi connectivity index (χ1v) is 7.85. The molecule has 3 heteroatoms. The van der Waals surface area contributed by atoms with Crippen molar-refractivity contribution in [3.8, 4) is 0 Å². The average molecular weight is 294 g/mol. The number of rotatable bonds is 4. The summed E-state index contributed by atoms with van der Waals surface area (Å²) in [5.41, 5.74) is 3.14. The van der Waals surface area contributed by atoms with E-state index in [4.69, 9.17) is 0 Å². The predicted octanol–water partition coefficient (Wildman–Crippen LogP) is 3.00. The highest BCUT2D eigenvalue weighted by atomic mass is 16.1. The molecule has 1 aliphatic rings. The molecule has 1 heterocycles. The Kier molecular flexibility index (Phi) is 4.54.